The first-order valence-corrected chi connectivity index (χ1v) is 8.05. The predicted molar refractivity (Wildman–Crippen MR) is 91.7 cm³/mol. The highest BCUT2D eigenvalue weighted by molar-refractivity contribution is 6.30. The van der Waals surface area contributed by atoms with Gasteiger partial charge in [0.25, 0.3) is 5.54 Å². The number of halogens is 3. The van der Waals surface area contributed by atoms with E-state index >= 15 is 0 Å². The molecule has 0 saturated heterocycles. The van der Waals surface area contributed by atoms with Gasteiger partial charge in [-0.3, -0.25) is 4.79 Å². The van der Waals surface area contributed by atoms with Crippen LogP contribution in [-0.4, -0.2) is 16.4 Å². The summed E-state index contributed by atoms with van der Waals surface area (Å²) in [6.07, 6.45) is 0.651. The van der Waals surface area contributed by atoms with E-state index in [4.69, 9.17) is 11.6 Å². The third-order valence-corrected chi connectivity index (χ3v) is 4.69. The van der Waals surface area contributed by atoms with Crippen LogP contribution in [0.15, 0.2) is 42.5 Å². The molecule has 2 aromatic rings. The average molecular weight is 365 g/mol. The molecule has 7 heteroatoms. The summed E-state index contributed by atoms with van der Waals surface area (Å²) >= 11 is 5.89. The van der Waals surface area contributed by atoms with Gasteiger partial charge >= 0.3 is 5.91 Å². The maximum Gasteiger partial charge on any atom is 0.302 e. The molecule has 0 aromatic heterocycles. The number of rotatable bonds is 3. The molecule has 2 aromatic carbocycles. The van der Waals surface area contributed by atoms with Crippen LogP contribution < -0.4 is 5.32 Å². The smallest absolute Gasteiger partial charge is 0.302 e. The van der Waals surface area contributed by atoms with Gasteiger partial charge in [-0.05, 0) is 36.4 Å². The number of benzene rings is 2. The van der Waals surface area contributed by atoms with Gasteiger partial charge in [0.05, 0.1) is 5.69 Å². The van der Waals surface area contributed by atoms with E-state index in [9.17, 15) is 18.8 Å². The molecule has 25 heavy (non-hydrogen) atoms. The van der Waals surface area contributed by atoms with Crippen molar-refractivity contribution in [2.24, 2.45) is 0 Å². The number of carbonyl (C=O) groups excluding carboxylic acids is 1. The van der Waals surface area contributed by atoms with Crippen LogP contribution in [-0.2, 0) is 10.3 Å². The molecule has 1 atom stereocenters. The Morgan fingerprint density at radius 3 is 2.52 bits per heavy atom. The molecule has 1 amide bonds. The van der Waals surface area contributed by atoms with Gasteiger partial charge in [-0.25, -0.2) is 8.78 Å². The second-order valence-electron chi connectivity index (χ2n) is 5.95. The molecule has 1 N–H and O–H groups in total. The zero-order valence-electron chi connectivity index (χ0n) is 13.4. The molecule has 130 valence electrons. The van der Waals surface area contributed by atoms with Crippen molar-refractivity contribution in [3.05, 3.63) is 69.9 Å². The molecule has 1 aliphatic heterocycles. The van der Waals surface area contributed by atoms with E-state index in [0.717, 1.165) is 6.07 Å². The van der Waals surface area contributed by atoms with Crippen molar-refractivity contribution in [3.8, 4) is 0 Å². The van der Waals surface area contributed by atoms with E-state index in [1.807, 2.05) is 0 Å². The van der Waals surface area contributed by atoms with E-state index in [-0.39, 0.29) is 12.1 Å². The molecule has 0 saturated carbocycles. The first-order valence-electron chi connectivity index (χ1n) is 7.67. The molecular formula is C18H15ClF2N2O2. The number of nitrogens with zero attached hydrogens (tertiary/aromatic N) is 1. The van der Waals surface area contributed by atoms with Crippen molar-refractivity contribution in [1.82, 2.24) is 0 Å². The number of anilines is 1. The monoisotopic (exact) mass is 364 g/mol. The normalized spacial score (nSPS) is 20.0. The van der Waals surface area contributed by atoms with E-state index in [0.29, 0.717) is 27.5 Å². The fourth-order valence-corrected chi connectivity index (χ4v) is 3.17. The zero-order chi connectivity index (χ0) is 18.2. The Morgan fingerprint density at radius 1 is 1.24 bits per heavy atom. The lowest BCUT2D eigenvalue weighted by Gasteiger charge is -2.27. The molecule has 0 spiro atoms. The minimum atomic E-state index is -1.55. The van der Waals surface area contributed by atoms with E-state index in [1.54, 1.807) is 31.2 Å². The van der Waals surface area contributed by atoms with E-state index < -0.39 is 23.1 Å². The number of hydroxylamine groups is 1. The third kappa shape index (κ3) is 2.87. The lowest BCUT2D eigenvalue weighted by Crippen LogP contribution is -2.46. The highest BCUT2D eigenvalue weighted by atomic mass is 35.5. The van der Waals surface area contributed by atoms with Gasteiger partial charge in [-0.2, -0.15) is 4.74 Å². The van der Waals surface area contributed by atoms with Gasteiger partial charge in [0, 0.05) is 30.4 Å². The zero-order valence-corrected chi connectivity index (χ0v) is 14.1. The van der Waals surface area contributed by atoms with E-state index in [1.165, 1.54) is 12.1 Å². The maximum absolute atomic E-state index is 13.9. The topological polar surface area (TPSA) is 55.2 Å². The minimum absolute atomic E-state index is 0.229. The summed E-state index contributed by atoms with van der Waals surface area (Å²) < 4.78 is 27.9. The third-order valence-electron chi connectivity index (χ3n) is 4.44. The highest BCUT2D eigenvalue weighted by Crippen LogP contribution is 2.37. The molecular weight excluding hydrogens is 350 g/mol. The SMILES string of the molecule is CC1=[N+]([O-])C(C(=O)Nc2cccc(F)c2F)(c2ccc(Cl)cc2)CC1. The molecule has 1 heterocycles. The lowest BCUT2D eigenvalue weighted by atomic mass is 9.86. The van der Waals surface area contributed by atoms with Gasteiger partial charge in [0.1, 0.15) is 0 Å². The van der Waals surface area contributed by atoms with E-state index in [2.05, 4.69) is 5.32 Å². The number of hydrogen-bond acceptors (Lipinski definition) is 2. The van der Waals surface area contributed by atoms with Gasteiger partial charge in [-0.15, -0.1) is 0 Å². The van der Waals surface area contributed by atoms with Crippen molar-refractivity contribution >= 4 is 28.9 Å². The summed E-state index contributed by atoms with van der Waals surface area (Å²) in [5, 5.41) is 15.5. The largest absolute Gasteiger partial charge is 0.623 e. The molecule has 0 radical (unpaired) electrons. The van der Waals surface area contributed by atoms with Crippen LogP contribution in [0.25, 0.3) is 0 Å². The molecule has 1 unspecified atom stereocenters. The quantitative estimate of drug-likeness (QED) is 0.655. The van der Waals surface area contributed by atoms with Crippen molar-refractivity contribution < 1.29 is 18.3 Å². The first-order chi connectivity index (χ1) is 11.9. The van der Waals surface area contributed by atoms with Gasteiger partial charge < -0.3 is 10.5 Å². The standard InChI is InChI=1S/C18H15ClF2N2O2/c1-11-9-10-18(23(11)25,12-5-7-13(19)8-6-12)17(24)22-15-4-2-3-14(20)16(15)21/h2-8H,9-10H2,1H3,(H,22,24). The Hall–Kier alpha value is -2.47. The summed E-state index contributed by atoms with van der Waals surface area (Å²) in [5.41, 5.74) is -0.924. The Bertz CT molecular complexity index is 868. The van der Waals surface area contributed by atoms with Gasteiger partial charge in [-0.1, -0.05) is 17.7 Å². The Morgan fingerprint density at radius 2 is 1.92 bits per heavy atom. The van der Waals surface area contributed by atoms with Crippen molar-refractivity contribution in [3.63, 3.8) is 0 Å². The Kier molecular flexibility index (Phi) is 4.47. The number of carbonyl (C=O) groups is 1. The Labute approximate surface area is 148 Å². The molecule has 3 rings (SSSR count). The number of nitrogens with one attached hydrogen (secondary N) is 1. The fraction of sp³-hybridized carbons (Fsp3) is 0.222. The van der Waals surface area contributed by atoms with Crippen LogP contribution in [0.2, 0.25) is 5.02 Å². The highest BCUT2D eigenvalue weighted by Gasteiger charge is 2.53. The van der Waals surface area contributed by atoms with Crippen molar-refractivity contribution in [2.75, 3.05) is 5.32 Å². The number of amides is 1. The summed E-state index contributed by atoms with van der Waals surface area (Å²) in [5.74, 6) is -2.96. The maximum atomic E-state index is 13.9. The second kappa shape index (κ2) is 6.44. The Balaban J connectivity index is 2.05. The summed E-state index contributed by atoms with van der Waals surface area (Å²) in [6.45, 7) is 1.64. The van der Waals surface area contributed by atoms with Gasteiger partial charge in [0.2, 0.25) is 0 Å². The second-order valence-corrected chi connectivity index (χ2v) is 6.39. The molecule has 4 nitrogen and oxygen atoms in total. The van der Waals surface area contributed by atoms with Crippen LogP contribution in [0.1, 0.15) is 25.3 Å². The summed E-state index contributed by atoms with van der Waals surface area (Å²) in [7, 11) is 0. The fourth-order valence-electron chi connectivity index (χ4n) is 3.04. The van der Waals surface area contributed by atoms with Crippen LogP contribution in [0, 0.1) is 16.8 Å². The van der Waals surface area contributed by atoms with Crippen LogP contribution in [0.4, 0.5) is 14.5 Å². The van der Waals surface area contributed by atoms with Crippen LogP contribution in [0.5, 0.6) is 0 Å². The molecule has 1 aliphatic rings. The van der Waals surface area contributed by atoms with Crippen LogP contribution >= 0.6 is 11.6 Å². The molecule has 0 fully saturated rings. The summed E-state index contributed by atoms with van der Waals surface area (Å²) in [4.78, 5) is 13.0. The molecule has 0 aliphatic carbocycles. The minimum Gasteiger partial charge on any atom is -0.623 e. The predicted octanol–water partition coefficient (Wildman–Crippen LogP) is 4.22. The molecule has 0 bridgehead atoms. The van der Waals surface area contributed by atoms with Crippen molar-refractivity contribution in [2.45, 2.75) is 25.3 Å². The lowest BCUT2D eigenvalue weighted by molar-refractivity contribution is -0.531. The van der Waals surface area contributed by atoms with Crippen molar-refractivity contribution in [1.29, 1.82) is 0 Å². The summed E-state index contributed by atoms with van der Waals surface area (Å²) in [6, 6.07) is 9.82. The average Bonchev–Trinajstić information content (AvgIpc) is 2.89. The number of hydrogen-bond donors (Lipinski definition) is 1. The first kappa shape index (κ1) is 17.4. The van der Waals surface area contributed by atoms with Crippen LogP contribution in [0.3, 0.4) is 0 Å². The van der Waals surface area contributed by atoms with Gasteiger partial charge in [0.15, 0.2) is 17.3 Å².